The van der Waals surface area contributed by atoms with Crippen molar-refractivity contribution in [3.8, 4) is 0 Å². The summed E-state index contributed by atoms with van der Waals surface area (Å²) in [6.45, 7) is 0.846. The second-order valence-electron chi connectivity index (χ2n) is 9.30. The summed E-state index contributed by atoms with van der Waals surface area (Å²) in [5.74, 6) is 3.29. The fraction of sp³-hybridized carbons (Fsp3) is 0.500. The first-order valence-electron chi connectivity index (χ1n) is 10.3. The lowest BCUT2D eigenvalue weighted by atomic mass is 9.49. The molecule has 2 N–H and O–H groups in total. The van der Waals surface area contributed by atoms with Gasteiger partial charge in [-0.2, -0.15) is 0 Å². The third kappa shape index (κ3) is 2.85. The van der Waals surface area contributed by atoms with Crippen LogP contribution in [0.2, 0.25) is 0 Å². The Morgan fingerprint density at radius 1 is 1.14 bits per heavy atom. The average molecular weight is 393 g/mol. The second kappa shape index (κ2) is 6.14. The number of amides is 1. The number of guanidine groups is 1. The largest absolute Gasteiger partial charge is 0.321 e. The number of carbonyl (C=O) groups excluding carboxylic acids is 1. The molecule has 1 aromatic heterocycles. The fourth-order valence-electron chi connectivity index (χ4n) is 6.43. The molecule has 5 nitrogen and oxygen atoms in total. The second-order valence-corrected chi connectivity index (χ2v) is 10.2. The lowest BCUT2D eigenvalue weighted by molar-refractivity contribution is -0.115. The molecule has 28 heavy (non-hydrogen) atoms. The number of hydrogen-bond donors (Lipinski definition) is 2. The Hall–Kier alpha value is -2.21. The van der Waals surface area contributed by atoms with Gasteiger partial charge in [0.05, 0.1) is 15.7 Å². The van der Waals surface area contributed by atoms with E-state index in [0.717, 1.165) is 40.1 Å². The molecule has 1 amide bonds. The molecule has 0 unspecified atom stereocenters. The van der Waals surface area contributed by atoms with Crippen molar-refractivity contribution in [3.63, 3.8) is 0 Å². The SMILES string of the molecule is O=C1NC(=NCC23CC4CC(CC(C4)C2)C3)N/C1=C\c1ccc2ncsc2c1. The topological polar surface area (TPSA) is 66.4 Å². The van der Waals surface area contributed by atoms with Crippen LogP contribution in [0, 0.1) is 23.2 Å². The standard InChI is InChI=1S/C22H24N4OS/c27-20-18(6-13-1-2-17-19(7-13)28-12-24-17)25-21(26-20)23-11-22-8-14-3-15(9-22)5-16(4-14)10-22/h1-2,6-7,12,14-16H,3-5,8-11H2,(H2,23,25,26,27)/b18-6-. The summed E-state index contributed by atoms with van der Waals surface area (Å²) < 4.78 is 1.13. The monoisotopic (exact) mass is 392 g/mol. The quantitative estimate of drug-likeness (QED) is 0.778. The molecule has 6 heteroatoms. The van der Waals surface area contributed by atoms with Crippen molar-refractivity contribution in [2.24, 2.45) is 28.2 Å². The van der Waals surface area contributed by atoms with Crippen molar-refractivity contribution in [2.45, 2.75) is 38.5 Å². The molecule has 144 valence electrons. The van der Waals surface area contributed by atoms with Gasteiger partial charge in [-0.15, -0.1) is 11.3 Å². The van der Waals surface area contributed by atoms with Gasteiger partial charge in [-0.25, -0.2) is 4.98 Å². The van der Waals surface area contributed by atoms with Crippen LogP contribution in [-0.4, -0.2) is 23.4 Å². The highest BCUT2D eigenvalue weighted by molar-refractivity contribution is 7.16. The average Bonchev–Trinajstić information content (AvgIpc) is 3.25. The number of carbonyl (C=O) groups is 1. The maximum absolute atomic E-state index is 12.4. The molecule has 2 aromatic rings. The van der Waals surface area contributed by atoms with Gasteiger partial charge in [0.15, 0.2) is 0 Å². The molecule has 4 bridgehead atoms. The first kappa shape index (κ1) is 16.7. The van der Waals surface area contributed by atoms with E-state index in [1.807, 2.05) is 23.7 Å². The molecule has 5 aliphatic rings. The van der Waals surface area contributed by atoms with Crippen molar-refractivity contribution in [1.29, 1.82) is 0 Å². The smallest absolute Gasteiger partial charge is 0.274 e. The summed E-state index contributed by atoms with van der Waals surface area (Å²) in [4.78, 5) is 21.5. The van der Waals surface area contributed by atoms with Crippen LogP contribution in [0.1, 0.15) is 44.1 Å². The molecular weight excluding hydrogens is 368 g/mol. The van der Waals surface area contributed by atoms with E-state index < -0.39 is 0 Å². The van der Waals surface area contributed by atoms with E-state index in [4.69, 9.17) is 4.99 Å². The van der Waals surface area contributed by atoms with Gasteiger partial charge in [-0.1, -0.05) is 6.07 Å². The zero-order valence-corrected chi connectivity index (χ0v) is 16.6. The lowest BCUT2D eigenvalue weighted by Crippen LogP contribution is -2.47. The van der Waals surface area contributed by atoms with Gasteiger partial charge < -0.3 is 5.32 Å². The van der Waals surface area contributed by atoms with Crippen LogP contribution < -0.4 is 10.6 Å². The number of hydrogen-bond acceptors (Lipinski definition) is 4. The van der Waals surface area contributed by atoms with Crippen molar-refractivity contribution in [3.05, 3.63) is 35.0 Å². The van der Waals surface area contributed by atoms with Crippen LogP contribution in [-0.2, 0) is 4.79 Å². The first-order chi connectivity index (χ1) is 13.6. The van der Waals surface area contributed by atoms with Crippen LogP contribution in [0.3, 0.4) is 0 Å². The minimum atomic E-state index is -0.103. The van der Waals surface area contributed by atoms with Crippen LogP contribution >= 0.6 is 11.3 Å². The number of fused-ring (bicyclic) bond motifs is 1. The minimum Gasteiger partial charge on any atom is -0.321 e. The van der Waals surface area contributed by atoms with Crippen LogP contribution in [0.25, 0.3) is 16.3 Å². The van der Waals surface area contributed by atoms with Crippen LogP contribution in [0.15, 0.2) is 34.4 Å². The van der Waals surface area contributed by atoms with E-state index in [9.17, 15) is 4.79 Å². The zero-order valence-electron chi connectivity index (χ0n) is 15.8. The normalized spacial score (nSPS) is 36.4. The molecule has 0 spiro atoms. The van der Waals surface area contributed by atoms with Gasteiger partial charge in [-0.05, 0) is 85.5 Å². The maximum Gasteiger partial charge on any atom is 0.274 e. The Kier molecular flexibility index (Phi) is 3.67. The van der Waals surface area contributed by atoms with E-state index in [1.165, 1.54) is 38.5 Å². The number of aliphatic imine (C=N–C) groups is 1. The molecule has 1 aromatic carbocycles. The van der Waals surface area contributed by atoms with E-state index in [2.05, 4.69) is 21.7 Å². The lowest BCUT2D eigenvalue weighted by Gasteiger charge is -2.56. The molecule has 4 saturated carbocycles. The Balaban J connectivity index is 1.19. The third-order valence-electron chi connectivity index (χ3n) is 7.13. The molecular formula is C22H24N4OS. The van der Waals surface area contributed by atoms with Gasteiger partial charge in [-0.3, -0.25) is 15.1 Å². The molecule has 0 atom stereocenters. The van der Waals surface area contributed by atoms with E-state index in [-0.39, 0.29) is 5.91 Å². The molecule has 0 radical (unpaired) electrons. The predicted octanol–water partition coefficient (Wildman–Crippen LogP) is 3.93. The zero-order chi connectivity index (χ0) is 18.7. The van der Waals surface area contributed by atoms with E-state index >= 15 is 0 Å². The molecule has 5 fully saturated rings. The van der Waals surface area contributed by atoms with Gasteiger partial charge in [0.25, 0.3) is 5.91 Å². The minimum absolute atomic E-state index is 0.103. The summed E-state index contributed by atoms with van der Waals surface area (Å²) >= 11 is 1.61. The number of nitrogens with zero attached hydrogens (tertiary/aromatic N) is 2. The Bertz CT molecular complexity index is 985. The third-order valence-corrected chi connectivity index (χ3v) is 7.93. The van der Waals surface area contributed by atoms with Crippen molar-refractivity contribution in [2.75, 3.05) is 6.54 Å². The van der Waals surface area contributed by atoms with Gasteiger partial charge >= 0.3 is 0 Å². The van der Waals surface area contributed by atoms with Gasteiger partial charge in [0.1, 0.15) is 5.70 Å². The maximum atomic E-state index is 12.4. The number of benzene rings is 1. The molecule has 2 heterocycles. The van der Waals surface area contributed by atoms with Crippen LogP contribution in [0.5, 0.6) is 0 Å². The fourth-order valence-corrected chi connectivity index (χ4v) is 7.16. The number of rotatable bonds is 3. The molecule has 1 saturated heterocycles. The van der Waals surface area contributed by atoms with Crippen molar-refractivity contribution >= 4 is 39.5 Å². The van der Waals surface area contributed by atoms with Crippen molar-refractivity contribution < 1.29 is 4.79 Å². The number of nitrogens with one attached hydrogen (secondary N) is 2. The summed E-state index contributed by atoms with van der Waals surface area (Å²) in [7, 11) is 0. The highest BCUT2D eigenvalue weighted by atomic mass is 32.1. The molecule has 1 aliphatic heterocycles. The highest BCUT2D eigenvalue weighted by Crippen LogP contribution is 2.60. The Labute approximate surface area is 168 Å². The highest BCUT2D eigenvalue weighted by Gasteiger charge is 2.50. The Morgan fingerprint density at radius 3 is 2.64 bits per heavy atom. The Morgan fingerprint density at radius 2 is 1.89 bits per heavy atom. The summed E-state index contributed by atoms with van der Waals surface area (Å²) in [5, 5.41) is 6.11. The van der Waals surface area contributed by atoms with Gasteiger partial charge in [0.2, 0.25) is 5.96 Å². The summed E-state index contributed by atoms with van der Waals surface area (Å²) in [5.41, 5.74) is 4.79. The van der Waals surface area contributed by atoms with Gasteiger partial charge in [0, 0.05) is 6.54 Å². The number of aromatic nitrogens is 1. The summed E-state index contributed by atoms with van der Waals surface area (Å²) in [6, 6.07) is 6.06. The number of thiazole rings is 1. The van der Waals surface area contributed by atoms with E-state index in [0.29, 0.717) is 17.1 Å². The van der Waals surface area contributed by atoms with Crippen molar-refractivity contribution in [1.82, 2.24) is 15.6 Å². The van der Waals surface area contributed by atoms with E-state index in [1.54, 1.807) is 11.3 Å². The molecule has 4 aliphatic carbocycles. The summed E-state index contributed by atoms with van der Waals surface area (Å²) in [6.07, 6.45) is 10.2. The first-order valence-corrected chi connectivity index (χ1v) is 11.2. The van der Waals surface area contributed by atoms with Crippen LogP contribution in [0.4, 0.5) is 0 Å². The predicted molar refractivity (Wildman–Crippen MR) is 112 cm³/mol. The molecule has 7 rings (SSSR count).